The largest absolute Gasteiger partial charge is 0.491 e. The molecule has 8 nitrogen and oxygen atoms in total. The van der Waals surface area contributed by atoms with Crippen molar-refractivity contribution in [1.29, 1.82) is 0 Å². The quantitative estimate of drug-likeness (QED) is 0.290. The number of nitrogen functional groups attached to an aromatic ring is 1. The van der Waals surface area contributed by atoms with Crippen molar-refractivity contribution in [1.82, 2.24) is 15.1 Å². The Labute approximate surface area is 210 Å². The van der Waals surface area contributed by atoms with Crippen molar-refractivity contribution in [3.8, 4) is 16.9 Å². The van der Waals surface area contributed by atoms with Gasteiger partial charge in [-0.05, 0) is 98.9 Å². The number of piperidine rings is 1. The molecular weight excluding hydrogens is 452 g/mol. The Bertz CT molecular complexity index is 1360. The number of ether oxygens (including phenoxy) is 1. The Morgan fingerprint density at radius 1 is 1.08 bits per heavy atom. The van der Waals surface area contributed by atoms with Gasteiger partial charge in [0.2, 0.25) is 0 Å². The number of nitrogens with zero attached hydrogens (tertiary/aromatic N) is 2. The highest BCUT2D eigenvalue weighted by Crippen LogP contribution is 2.37. The van der Waals surface area contributed by atoms with Gasteiger partial charge >= 0.3 is 6.03 Å². The van der Waals surface area contributed by atoms with E-state index in [1.807, 2.05) is 67.6 Å². The first-order valence-corrected chi connectivity index (χ1v) is 12.3. The predicted octanol–water partition coefficient (Wildman–Crippen LogP) is 5.49. The number of benzene rings is 3. The van der Waals surface area contributed by atoms with Crippen LogP contribution in [0, 0.1) is 12.8 Å². The molecule has 0 aliphatic carbocycles. The third-order valence-electron chi connectivity index (χ3n) is 6.75. The zero-order valence-electron chi connectivity index (χ0n) is 20.7. The molecule has 3 aromatic carbocycles. The number of carbonyl (C=O) groups excluding carboxylic acids is 1. The molecule has 2 amide bonds. The maximum Gasteiger partial charge on any atom is 0.323 e. The van der Waals surface area contributed by atoms with E-state index in [-0.39, 0.29) is 6.03 Å². The third-order valence-corrected chi connectivity index (χ3v) is 6.75. The number of nitrogens with one attached hydrogen (secondary N) is 3. The van der Waals surface area contributed by atoms with Gasteiger partial charge in [-0.1, -0.05) is 24.3 Å². The highest BCUT2D eigenvalue weighted by molar-refractivity contribution is 6.04. The summed E-state index contributed by atoms with van der Waals surface area (Å²) in [7, 11) is 2.16. The number of likely N-dealkylation sites (tertiary alicyclic amines) is 1. The first-order chi connectivity index (χ1) is 17.5. The molecule has 0 saturated carbocycles. The summed E-state index contributed by atoms with van der Waals surface area (Å²) in [6, 6.07) is 19.0. The number of urea groups is 1. The third kappa shape index (κ3) is 5.28. The summed E-state index contributed by atoms with van der Waals surface area (Å²) in [5, 5.41) is 13.9. The van der Waals surface area contributed by atoms with Crippen molar-refractivity contribution in [2.45, 2.75) is 19.8 Å². The lowest BCUT2D eigenvalue weighted by Crippen LogP contribution is -2.32. The minimum Gasteiger partial charge on any atom is -0.491 e. The van der Waals surface area contributed by atoms with Crippen molar-refractivity contribution in [3.05, 3.63) is 66.2 Å². The van der Waals surface area contributed by atoms with Gasteiger partial charge < -0.3 is 26.0 Å². The number of rotatable bonds is 6. The molecule has 0 atom stereocenters. The second kappa shape index (κ2) is 10.3. The second-order valence-electron chi connectivity index (χ2n) is 9.55. The number of aromatic nitrogens is 2. The van der Waals surface area contributed by atoms with Crippen LogP contribution >= 0.6 is 0 Å². The number of aromatic amines is 1. The molecule has 1 saturated heterocycles. The Morgan fingerprint density at radius 2 is 1.83 bits per heavy atom. The minimum atomic E-state index is -0.291. The van der Waals surface area contributed by atoms with E-state index in [0.717, 1.165) is 65.0 Å². The molecule has 186 valence electrons. The van der Waals surface area contributed by atoms with Gasteiger partial charge in [-0.2, -0.15) is 5.10 Å². The molecule has 5 rings (SSSR count). The molecule has 0 radical (unpaired) electrons. The Morgan fingerprint density at radius 3 is 2.58 bits per heavy atom. The highest BCUT2D eigenvalue weighted by Gasteiger charge is 2.19. The summed E-state index contributed by atoms with van der Waals surface area (Å²) in [4.78, 5) is 14.8. The van der Waals surface area contributed by atoms with Crippen LogP contribution in [0.25, 0.3) is 22.0 Å². The topological polar surface area (TPSA) is 108 Å². The van der Waals surface area contributed by atoms with Crippen LogP contribution in [0.15, 0.2) is 60.7 Å². The van der Waals surface area contributed by atoms with Gasteiger partial charge in [0.05, 0.1) is 12.0 Å². The van der Waals surface area contributed by atoms with E-state index in [0.29, 0.717) is 24.0 Å². The van der Waals surface area contributed by atoms with Crippen LogP contribution in [0.4, 0.5) is 22.0 Å². The van der Waals surface area contributed by atoms with Gasteiger partial charge in [-0.3, -0.25) is 5.10 Å². The Balaban J connectivity index is 1.29. The van der Waals surface area contributed by atoms with Crippen LogP contribution in [-0.2, 0) is 0 Å². The van der Waals surface area contributed by atoms with Crippen molar-refractivity contribution >= 4 is 34.1 Å². The van der Waals surface area contributed by atoms with Crippen LogP contribution < -0.4 is 21.1 Å². The average molecular weight is 485 g/mol. The van der Waals surface area contributed by atoms with Crippen molar-refractivity contribution in [3.63, 3.8) is 0 Å². The number of aryl methyl sites for hydroxylation is 1. The summed E-state index contributed by atoms with van der Waals surface area (Å²) in [5.74, 6) is 1.76. The molecule has 0 bridgehead atoms. The molecule has 5 N–H and O–H groups in total. The summed E-state index contributed by atoms with van der Waals surface area (Å²) in [5.41, 5.74) is 11.5. The van der Waals surface area contributed by atoms with E-state index in [9.17, 15) is 4.79 Å². The number of fused-ring (bicyclic) bond motifs is 1. The number of nitrogens with two attached hydrogens (primary N) is 1. The molecule has 0 unspecified atom stereocenters. The maximum atomic E-state index is 12.4. The van der Waals surface area contributed by atoms with Crippen molar-refractivity contribution in [2.24, 2.45) is 5.92 Å². The molecular formula is C28H32N6O2. The zero-order chi connectivity index (χ0) is 25.1. The predicted molar refractivity (Wildman–Crippen MR) is 145 cm³/mol. The number of hydrogen-bond acceptors (Lipinski definition) is 5. The highest BCUT2D eigenvalue weighted by atomic mass is 16.5. The van der Waals surface area contributed by atoms with E-state index in [1.165, 1.54) is 0 Å². The summed E-state index contributed by atoms with van der Waals surface area (Å²) in [6.07, 6.45) is 2.29. The van der Waals surface area contributed by atoms with Gasteiger partial charge in [0.1, 0.15) is 11.3 Å². The second-order valence-corrected chi connectivity index (χ2v) is 9.55. The fourth-order valence-corrected chi connectivity index (χ4v) is 4.68. The number of H-pyrrole nitrogens is 1. The van der Waals surface area contributed by atoms with Crippen LogP contribution in [0.2, 0.25) is 0 Å². The minimum absolute atomic E-state index is 0.291. The first-order valence-electron chi connectivity index (χ1n) is 12.3. The molecule has 8 heteroatoms. The molecule has 1 aromatic heterocycles. The molecule has 1 fully saturated rings. The van der Waals surface area contributed by atoms with Gasteiger partial charge in [-0.25, -0.2) is 4.79 Å². The molecule has 2 heterocycles. The number of anilines is 3. The number of hydrogen-bond donors (Lipinski definition) is 4. The molecule has 0 spiro atoms. The van der Waals surface area contributed by atoms with Gasteiger partial charge in [0.25, 0.3) is 0 Å². The monoisotopic (exact) mass is 484 g/mol. The lowest BCUT2D eigenvalue weighted by atomic mass is 9.98. The fourth-order valence-electron chi connectivity index (χ4n) is 4.68. The number of carbonyl (C=O) groups is 1. The molecule has 36 heavy (non-hydrogen) atoms. The smallest absolute Gasteiger partial charge is 0.323 e. The summed E-state index contributed by atoms with van der Waals surface area (Å²) >= 11 is 0. The van der Waals surface area contributed by atoms with E-state index in [4.69, 9.17) is 10.5 Å². The van der Waals surface area contributed by atoms with E-state index < -0.39 is 0 Å². The fraction of sp³-hybridized carbons (Fsp3) is 0.286. The van der Waals surface area contributed by atoms with E-state index in [1.54, 1.807) is 0 Å². The zero-order valence-corrected chi connectivity index (χ0v) is 20.7. The van der Waals surface area contributed by atoms with Gasteiger partial charge in [0, 0.05) is 11.4 Å². The lowest BCUT2D eigenvalue weighted by Gasteiger charge is -2.28. The maximum absolute atomic E-state index is 12.4. The number of amides is 2. The van der Waals surface area contributed by atoms with Crippen LogP contribution in [0.1, 0.15) is 18.4 Å². The van der Waals surface area contributed by atoms with E-state index in [2.05, 4.69) is 32.8 Å². The normalized spacial score (nSPS) is 14.6. The van der Waals surface area contributed by atoms with Crippen LogP contribution in [-0.4, -0.2) is 47.9 Å². The van der Waals surface area contributed by atoms with Crippen molar-refractivity contribution < 1.29 is 9.53 Å². The molecule has 1 aliphatic rings. The molecule has 4 aromatic rings. The summed E-state index contributed by atoms with van der Waals surface area (Å²) in [6.45, 7) is 4.89. The lowest BCUT2D eigenvalue weighted by molar-refractivity contribution is 0.161. The van der Waals surface area contributed by atoms with Gasteiger partial charge in [-0.15, -0.1) is 0 Å². The summed E-state index contributed by atoms with van der Waals surface area (Å²) < 4.78 is 6.22. The van der Waals surface area contributed by atoms with Gasteiger partial charge in [0.15, 0.2) is 5.82 Å². The van der Waals surface area contributed by atoms with Crippen LogP contribution in [0.3, 0.4) is 0 Å². The Hall–Kier alpha value is -4.04. The Kier molecular flexibility index (Phi) is 6.77. The van der Waals surface area contributed by atoms with Crippen molar-refractivity contribution in [2.75, 3.05) is 43.1 Å². The molecule has 1 aliphatic heterocycles. The standard InChI is InChI=1S/C28H32N6O2/c1-18-4-3-5-22(16-18)31-28(35)30-21-8-6-20(7-9-21)23-10-11-24(26-25(23)27(29)33-32-26)36-17-19-12-14-34(2)15-13-19/h3-11,16,19H,12-15,17H2,1-2H3,(H3,29,32,33)(H2,30,31,35). The SMILES string of the molecule is Cc1cccc(NC(=O)Nc2ccc(-c3ccc(OCC4CCN(C)CC4)c4[nH]nc(N)c34)cc2)c1. The van der Waals surface area contributed by atoms with E-state index >= 15 is 0 Å². The average Bonchev–Trinajstić information content (AvgIpc) is 3.26. The van der Waals surface area contributed by atoms with Crippen LogP contribution in [0.5, 0.6) is 5.75 Å². The first kappa shape index (κ1) is 23.7.